The Labute approximate surface area is 121 Å². The van der Waals surface area contributed by atoms with Crippen molar-refractivity contribution in [1.29, 1.82) is 0 Å². The number of aliphatic carboxylic acids is 1. The monoisotopic (exact) mass is 284 g/mol. The number of amides is 1. The summed E-state index contributed by atoms with van der Waals surface area (Å²) in [6, 6.07) is -0.715. The van der Waals surface area contributed by atoms with Crippen molar-refractivity contribution in [2.24, 2.45) is 17.6 Å². The minimum absolute atomic E-state index is 0.0895. The third kappa shape index (κ3) is 5.90. The van der Waals surface area contributed by atoms with E-state index in [0.29, 0.717) is 18.9 Å². The summed E-state index contributed by atoms with van der Waals surface area (Å²) in [6.07, 6.45) is 7.17. The van der Waals surface area contributed by atoms with Crippen molar-refractivity contribution in [1.82, 2.24) is 5.32 Å². The van der Waals surface area contributed by atoms with Crippen LogP contribution >= 0.6 is 0 Å². The van der Waals surface area contributed by atoms with E-state index in [1.807, 2.05) is 0 Å². The van der Waals surface area contributed by atoms with Gasteiger partial charge in [0.2, 0.25) is 5.91 Å². The van der Waals surface area contributed by atoms with Gasteiger partial charge in [0.25, 0.3) is 0 Å². The molecular weight excluding hydrogens is 256 g/mol. The molecule has 20 heavy (non-hydrogen) atoms. The van der Waals surface area contributed by atoms with Crippen LogP contribution in [0.1, 0.15) is 58.3 Å². The fraction of sp³-hybridized carbons (Fsp3) is 0.867. The predicted octanol–water partition coefficient (Wildman–Crippen LogP) is 1.90. The smallest absolute Gasteiger partial charge is 0.326 e. The molecule has 0 spiro atoms. The highest BCUT2D eigenvalue weighted by molar-refractivity contribution is 5.83. The van der Waals surface area contributed by atoms with Gasteiger partial charge in [-0.1, -0.05) is 26.2 Å². The Kier molecular flexibility index (Phi) is 7.59. The zero-order chi connectivity index (χ0) is 15.0. The number of carbonyl (C=O) groups excluding carboxylic acids is 1. The molecule has 2 atom stereocenters. The van der Waals surface area contributed by atoms with Gasteiger partial charge in [-0.15, -0.1) is 0 Å². The van der Waals surface area contributed by atoms with Gasteiger partial charge in [-0.3, -0.25) is 4.79 Å². The molecule has 0 saturated heterocycles. The lowest BCUT2D eigenvalue weighted by Gasteiger charge is -2.28. The second-order valence-corrected chi connectivity index (χ2v) is 6.00. The number of carboxylic acids is 1. The van der Waals surface area contributed by atoms with Crippen LogP contribution in [0.25, 0.3) is 0 Å². The Bertz CT molecular complexity index is 314. The molecule has 5 heteroatoms. The van der Waals surface area contributed by atoms with Crippen LogP contribution in [-0.2, 0) is 9.59 Å². The van der Waals surface area contributed by atoms with Crippen LogP contribution < -0.4 is 11.1 Å². The summed E-state index contributed by atoms with van der Waals surface area (Å²) in [5.41, 5.74) is 5.48. The molecule has 0 aromatic heterocycles. The number of carboxylic acid groups (broad SMARTS) is 1. The minimum Gasteiger partial charge on any atom is -0.480 e. The molecule has 0 radical (unpaired) electrons. The zero-order valence-corrected chi connectivity index (χ0v) is 12.4. The highest BCUT2D eigenvalue weighted by Gasteiger charge is 2.30. The third-order valence-electron chi connectivity index (χ3n) is 4.23. The number of hydrogen-bond acceptors (Lipinski definition) is 3. The normalized spacial score (nSPS) is 19.3. The molecule has 1 rings (SSSR count). The molecule has 1 aliphatic carbocycles. The number of carbonyl (C=O) groups is 2. The van der Waals surface area contributed by atoms with Crippen molar-refractivity contribution in [3.63, 3.8) is 0 Å². The average Bonchev–Trinajstić information content (AvgIpc) is 2.43. The van der Waals surface area contributed by atoms with Crippen molar-refractivity contribution in [3.05, 3.63) is 0 Å². The van der Waals surface area contributed by atoms with Gasteiger partial charge in [-0.05, 0) is 44.1 Å². The van der Waals surface area contributed by atoms with E-state index in [9.17, 15) is 14.7 Å². The van der Waals surface area contributed by atoms with Gasteiger partial charge >= 0.3 is 5.97 Å². The van der Waals surface area contributed by atoms with Crippen molar-refractivity contribution in [2.45, 2.75) is 64.3 Å². The molecule has 1 saturated carbocycles. The van der Waals surface area contributed by atoms with Gasteiger partial charge in [0, 0.05) is 6.42 Å². The van der Waals surface area contributed by atoms with Crippen LogP contribution in [0.15, 0.2) is 0 Å². The highest BCUT2D eigenvalue weighted by Crippen LogP contribution is 2.26. The summed E-state index contributed by atoms with van der Waals surface area (Å²) >= 11 is 0. The summed E-state index contributed by atoms with van der Waals surface area (Å²) < 4.78 is 0. The lowest BCUT2D eigenvalue weighted by atomic mass is 9.84. The lowest BCUT2D eigenvalue weighted by molar-refractivity contribution is -0.143. The Morgan fingerprint density at radius 3 is 2.45 bits per heavy atom. The first-order chi connectivity index (χ1) is 9.54. The molecule has 2 unspecified atom stereocenters. The largest absolute Gasteiger partial charge is 0.480 e. The van der Waals surface area contributed by atoms with E-state index < -0.39 is 12.0 Å². The second kappa shape index (κ2) is 8.95. The molecule has 0 aromatic carbocycles. The van der Waals surface area contributed by atoms with Crippen molar-refractivity contribution in [3.8, 4) is 0 Å². The Balaban J connectivity index is 2.40. The predicted molar refractivity (Wildman–Crippen MR) is 78.2 cm³/mol. The maximum absolute atomic E-state index is 11.9. The van der Waals surface area contributed by atoms with E-state index in [0.717, 1.165) is 38.5 Å². The fourth-order valence-electron chi connectivity index (χ4n) is 2.90. The molecule has 0 heterocycles. The first kappa shape index (κ1) is 17.0. The minimum atomic E-state index is -0.903. The topological polar surface area (TPSA) is 92.4 Å². The first-order valence-electron chi connectivity index (χ1n) is 7.76. The molecule has 4 N–H and O–H groups in total. The van der Waals surface area contributed by atoms with Gasteiger partial charge in [0.15, 0.2) is 0 Å². The van der Waals surface area contributed by atoms with Gasteiger partial charge < -0.3 is 16.2 Å². The Hall–Kier alpha value is -1.10. The molecule has 1 fully saturated rings. The summed E-state index contributed by atoms with van der Waals surface area (Å²) in [4.78, 5) is 23.2. The Morgan fingerprint density at radius 2 is 1.90 bits per heavy atom. The Morgan fingerprint density at radius 1 is 1.25 bits per heavy atom. The molecule has 1 amide bonds. The summed E-state index contributed by atoms with van der Waals surface area (Å²) in [6.45, 7) is 2.69. The lowest BCUT2D eigenvalue weighted by Crippen LogP contribution is -2.46. The highest BCUT2D eigenvalue weighted by atomic mass is 16.4. The van der Waals surface area contributed by atoms with Gasteiger partial charge in [0.1, 0.15) is 6.04 Å². The van der Waals surface area contributed by atoms with E-state index in [1.165, 1.54) is 6.42 Å². The van der Waals surface area contributed by atoms with E-state index in [4.69, 9.17) is 5.73 Å². The fourth-order valence-corrected chi connectivity index (χ4v) is 2.90. The molecule has 5 nitrogen and oxygen atoms in total. The van der Waals surface area contributed by atoms with Gasteiger partial charge in [0.05, 0.1) is 0 Å². The van der Waals surface area contributed by atoms with E-state index in [1.54, 1.807) is 0 Å². The second-order valence-electron chi connectivity index (χ2n) is 6.00. The van der Waals surface area contributed by atoms with Crippen LogP contribution in [0.3, 0.4) is 0 Å². The van der Waals surface area contributed by atoms with Crippen LogP contribution in [0, 0.1) is 11.8 Å². The molecule has 116 valence electrons. The van der Waals surface area contributed by atoms with Crippen LogP contribution in [-0.4, -0.2) is 29.6 Å². The quantitative estimate of drug-likeness (QED) is 0.634. The molecule has 0 aromatic rings. The number of nitrogens with one attached hydrogen (secondary N) is 1. The molecule has 0 bridgehead atoms. The third-order valence-corrected chi connectivity index (χ3v) is 4.23. The van der Waals surface area contributed by atoms with Gasteiger partial charge in [-0.25, -0.2) is 4.79 Å². The number of rotatable bonds is 8. The summed E-state index contributed by atoms with van der Waals surface area (Å²) in [5.74, 6) is -0.553. The van der Waals surface area contributed by atoms with E-state index >= 15 is 0 Å². The van der Waals surface area contributed by atoms with E-state index in [2.05, 4.69) is 12.2 Å². The standard InChI is InChI=1S/C15H28N2O3/c1-11(9-10-16)7-8-13(18)17-14(15(19)20)12-5-3-2-4-6-12/h11-12,14H,2-10,16H2,1H3,(H,17,18)(H,19,20). The maximum atomic E-state index is 11.9. The van der Waals surface area contributed by atoms with Crippen LogP contribution in [0.2, 0.25) is 0 Å². The van der Waals surface area contributed by atoms with Crippen molar-refractivity contribution in [2.75, 3.05) is 6.54 Å². The molecule has 1 aliphatic rings. The SMILES string of the molecule is CC(CCN)CCC(=O)NC(C(=O)O)C1CCCCC1. The van der Waals surface area contributed by atoms with Crippen LogP contribution in [0.5, 0.6) is 0 Å². The molecule has 0 aliphatic heterocycles. The summed E-state index contributed by atoms with van der Waals surface area (Å²) in [5, 5.41) is 12.0. The van der Waals surface area contributed by atoms with Crippen molar-refractivity contribution < 1.29 is 14.7 Å². The number of hydrogen-bond donors (Lipinski definition) is 3. The number of nitrogens with two attached hydrogens (primary N) is 1. The summed E-state index contributed by atoms with van der Waals surface area (Å²) in [7, 11) is 0. The van der Waals surface area contributed by atoms with Crippen molar-refractivity contribution >= 4 is 11.9 Å². The first-order valence-corrected chi connectivity index (χ1v) is 7.76. The average molecular weight is 284 g/mol. The molecular formula is C15H28N2O3. The van der Waals surface area contributed by atoms with E-state index in [-0.39, 0.29) is 11.8 Å². The van der Waals surface area contributed by atoms with Crippen LogP contribution in [0.4, 0.5) is 0 Å². The van der Waals surface area contributed by atoms with Gasteiger partial charge in [-0.2, -0.15) is 0 Å². The zero-order valence-electron chi connectivity index (χ0n) is 12.4. The maximum Gasteiger partial charge on any atom is 0.326 e.